The number of rotatable bonds is 5. The first kappa shape index (κ1) is 27.3. The second kappa shape index (κ2) is 10.7. The van der Waals surface area contributed by atoms with Gasteiger partial charge in [-0.2, -0.15) is 0 Å². The van der Waals surface area contributed by atoms with Crippen molar-refractivity contribution in [3.05, 3.63) is 73.4 Å². The van der Waals surface area contributed by atoms with Gasteiger partial charge in [-0.3, -0.25) is 19.8 Å². The van der Waals surface area contributed by atoms with Crippen LogP contribution in [-0.2, 0) is 27.2 Å². The smallest absolute Gasteiger partial charge is 0.341 e. The molecule has 1 saturated heterocycles. The van der Waals surface area contributed by atoms with Crippen molar-refractivity contribution in [2.24, 2.45) is 0 Å². The van der Waals surface area contributed by atoms with E-state index >= 15 is 0 Å². The van der Waals surface area contributed by atoms with E-state index in [0.717, 1.165) is 53.2 Å². The SMILES string of the molecule is CCOC(=O)c1c(-n2c(C)cc(/C=C3\C(=O)NC(=S)N(c4ccc(C)c(Cl)c4)C3=O)c2C)sc2c1CCCC2. The van der Waals surface area contributed by atoms with Gasteiger partial charge in [0, 0.05) is 21.3 Å². The van der Waals surface area contributed by atoms with Crippen LogP contribution >= 0.6 is 35.2 Å². The quantitative estimate of drug-likeness (QED) is 0.173. The van der Waals surface area contributed by atoms with Crippen LogP contribution in [0.2, 0.25) is 5.02 Å². The van der Waals surface area contributed by atoms with Crippen molar-refractivity contribution in [3.8, 4) is 5.00 Å². The average Bonchev–Trinajstić information content (AvgIpc) is 3.39. The zero-order chi connectivity index (χ0) is 28.0. The Morgan fingerprint density at radius 3 is 2.64 bits per heavy atom. The molecule has 2 amide bonds. The van der Waals surface area contributed by atoms with Crippen LogP contribution in [0.1, 0.15) is 63.1 Å². The lowest BCUT2D eigenvalue weighted by molar-refractivity contribution is -0.122. The Hall–Kier alpha value is -3.27. The van der Waals surface area contributed by atoms with Gasteiger partial charge in [-0.15, -0.1) is 11.3 Å². The van der Waals surface area contributed by atoms with Crippen molar-refractivity contribution in [2.75, 3.05) is 11.5 Å². The third-order valence-corrected chi connectivity index (χ3v) is 9.09. The Bertz CT molecular complexity index is 1580. The van der Waals surface area contributed by atoms with E-state index in [-0.39, 0.29) is 16.7 Å². The van der Waals surface area contributed by atoms with Gasteiger partial charge in [-0.1, -0.05) is 17.7 Å². The second-order valence-corrected chi connectivity index (χ2v) is 11.5. The fourth-order valence-electron chi connectivity index (χ4n) is 5.14. The maximum absolute atomic E-state index is 13.6. The average molecular weight is 582 g/mol. The molecular weight excluding hydrogens is 554 g/mol. The molecule has 7 nitrogen and oxygen atoms in total. The summed E-state index contributed by atoms with van der Waals surface area (Å²) in [6, 6.07) is 7.10. The number of thiophene rings is 1. The number of carbonyl (C=O) groups excluding carboxylic acids is 3. The molecule has 3 heterocycles. The molecule has 1 fully saturated rings. The van der Waals surface area contributed by atoms with E-state index in [2.05, 4.69) is 5.32 Å². The highest BCUT2D eigenvalue weighted by Gasteiger charge is 2.35. The van der Waals surface area contributed by atoms with Gasteiger partial charge < -0.3 is 9.30 Å². The Labute approximate surface area is 241 Å². The normalized spacial score (nSPS) is 16.5. The van der Waals surface area contributed by atoms with Crippen LogP contribution in [-0.4, -0.2) is 34.1 Å². The van der Waals surface area contributed by atoms with E-state index in [1.165, 1.54) is 9.78 Å². The number of ether oxygens (including phenoxy) is 1. The van der Waals surface area contributed by atoms with Crippen LogP contribution in [0.4, 0.5) is 5.69 Å². The summed E-state index contributed by atoms with van der Waals surface area (Å²) in [5, 5.41) is 3.93. The second-order valence-electron chi connectivity index (χ2n) is 9.66. The number of aryl methyl sites for hydroxylation is 3. The summed E-state index contributed by atoms with van der Waals surface area (Å²) in [6.07, 6.45) is 5.51. The molecule has 0 radical (unpaired) electrons. The molecular formula is C29H28ClN3O4S2. The molecule has 2 aromatic heterocycles. The molecule has 1 aliphatic heterocycles. The number of aromatic nitrogens is 1. The lowest BCUT2D eigenvalue weighted by Gasteiger charge is -2.29. The van der Waals surface area contributed by atoms with Crippen LogP contribution in [0.25, 0.3) is 11.1 Å². The summed E-state index contributed by atoms with van der Waals surface area (Å²) in [7, 11) is 0. The fraction of sp³-hybridized carbons (Fsp3) is 0.310. The predicted octanol–water partition coefficient (Wildman–Crippen LogP) is 6.00. The molecule has 0 saturated carbocycles. The molecule has 0 bridgehead atoms. The Kier molecular flexibility index (Phi) is 7.50. The first-order valence-corrected chi connectivity index (χ1v) is 14.4. The molecule has 10 heteroatoms. The molecule has 3 aromatic rings. The molecule has 0 spiro atoms. The largest absolute Gasteiger partial charge is 0.462 e. The minimum absolute atomic E-state index is 0.00390. The van der Waals surface area contributed by atoms with E-state index in [9.17, 15) is 14.4 Å². The Morgan fingerprint density at radius 1 is 1.18 bits per heavy atom. The molecule has 0 unspecified atom stereocenters. The fourth-order valence-corrected chi connectivity index (χ4v) is 7.08. The summed E-state index contributed by atoms with van der Waals surface area (Å²) in [5.74, 6) is -1.42. The van der Waals surface area contributed by atoms with Crippen LogP contribution in [0.5, 0.6) is 0 Å². The minimum Gasteiger partial charge on any atom is -0.462 e. The number of anilines is 1. The number of amides is 2. The number of nitrogens with zero attached hydrogens (tertiary/aromatic N) is 2. The number of nitrogens with one attached hydrogen (secondary N) is 1. The monoisotopic (exact) mass is 581 g/mol. The molecule has 1 aliphatic carbocycles. The van der Waals surface area contributed by atoms with Gasteiger partial charge in [0.15, 0.2) is 5.11 Å². The van der Waals surface area contributed by atoms with Crippen LogP contribution in [0.3, 0.4) is 0 Å². The van der Waals surface area contributed by atoms with Gasteiger partial charge in [0.25, 0.3) is 11.8 Å². The maximum atomic E-state index is 13.6. The van der Waals surface area contributed by atoms with E-state index < -0.39 is 11.8 Å². The van der Waals surface area contributed by atoms with Crippen molar-refractivity contribution in [3.63, 3.8) is 0 Å². The number of halogens is 1. The zero-order valence-electron chi connectivity index (χ0n) is 22.1. The summed E-state index contributed by atoms with van der Waals surface area (Å²) < 4.78 is 7.47. The topological polar surface area (TPSA) is 80.6 Å². The standard InChI is InChI=1S/C29H28ClN3O4S2/c1-5-37-28(36)24-20-8-6-7-9-23(20)39-27(24)32-16(3)12-18(17(32)4)13-21-25(34)31-29(38)33(26(21)35)19-11-10-15(2)22(30)14-19/h10-14H,5-9H2,1-4H3,(H,31,34,38)/b21-13+. The maximum Gasteiger partial charge on any atom is 0.341 e. The van der Waals surface area contributed by atoms with Crippen molar-refractivity contribution >= 4 is 69.8 Å². The van der Waals surface area contributed by atoms with Gasteiger partial charge in [-0.05, 0) is 107 Å². The first-order chi connectivity index (χ1) is 18.6. The van der Waals surface area contributed by atoms with Crippen molar-refractivity contribution < 1.29 is 19.1 Å². The number of hydrogen-bond acceptors (Lipinski definition) is 6. The number of benzene rings is 1. The van der Waals surface area contributed by atoms with E-state index in [0.29, 0.717) is 28.4 Å². The number of esters is 1. The lowest BCUT2D eigenvalue weighted by atomic mass is 9.95. The van der Waals surface area contributed by atoms with E-state index in [4.69, 9.17) is 28.6 Å². The number of thiocarbonyl (C=S) groups is 1. The van der Waals surface area contributed by atoms with Crippen molar-refractivity contribution in [1.82, 2.24) is 9.88 Å². The van der Waals surface area contributed by atoms with Crippen LogP contribution in [0.15, 0.2) is 29.8 Å². The molecule has 1 aromatic carbocycles. The van der Waals surface area contributed by atoms with Crippen molar-refractivity contribution in [1.29, 1.82) is 0 Å². The van der Waals surface area contributed by atoms with Crippen molar-refractivity contribution in [2.45, 2.75) is 53.4 Å². The summed E-state index contributed by atoms with van der Waals surface area (Å²) in [6.45, 7) is 7.83. The van der Waals surface area contributed by atoms with Gasteiger partial charge >= 0.3 is 5.97 Å². The highest BCUT2D eigenvalue weighted by Crippen LogP contribution is 2.39. The molecule has 0 atom stereocenters. The molecule has 1 N–H and O–H groups in total. The third kappa shape index (κ3) is 4.83. The van der Waals surface area contributed by atoms with Gasteiger partial charge in [0.2, 0.25) is 0 Å². The minimum atomic E-state index is -0.567. The first-order valence-electron chi connectivity index (χ1n) is 12.8. The predicted molar refractivity (Wildman–Crippen MR) is 158 cm³/mol. The summed E-state index contributed by atoms with van der Waals surface area (Å²) in [4.78, 5) is 42.1. The molecule has 2 aliphatic rings. The van der Waals surface area contributed by atoms with Gasteiger partial charge in [-0.25, -0.2) is 4.79 Å². The molecule has 5 rings (SSSR count). The Balaban J connectivity index is 1.59. The Morgan fingerprint density at radius 2 is 1.92 bits per heavy atom. The highest BCUT2D eigenvalue weighted by molar-refractivity contribution is 7.80. The van der Waals surface area contributed by atoms with E-state index in [1.807, 2.05) is 31.4 Å². The summed E-state index contributed by atoms with van der Waals surface area (Å²) >= 11 is 13.2. The summed E-state index contributed by atoms with van der Waals surface area (Å²) in [5.41, 5.74) is 5.37. The number of hydrogen-bond donors (Lipinski definition) is 1. The molecule has 202 valence electrons. The highest BCUT2D eigenvalue weighted by atomic mass is 35.5. The molecule has 39 heavy (non-hydrogen) atoms. The van der Waals surface area contributed by atoms with E-state index in [1.54, 1.807) is 42.5 Å². The third-order valence-electron chi connectivity index (χ3n) is 7.12. The van der Waals surface area contributed by atoms with Crippen LogP contribution in [0, 0.1) is 20.8 Å². The number of carbonyl (C=O) groups is 3. The van der Waals surface area contributed by atoms with Gasteiger partial charge in [0.1, 0.15) is 10.6 Å². The zero-order valence-corrected chi connectivity index (χ0v) is 24.5. The lowest BCUT2D eigenvalue weighted by Crippen LogP contribution is -2.54. The number of fused-ring (bicyclic) bond motifs is 1. The van der Waals surface area contributed by atoms with Gasteiger partial charge in [0.05, 0.1) is 17.9 Å². The van der Waals surface area contributed by atoms with Crippen LogP contribution < -0.4 is 10.2 Å².